The number of carbonyl (C=O) groups excluding carboxylic acids is 1. The summed E-state index contributed by atoms with van der Waals surface area (Å²) in [4.78, 5) is 12.1. The van der Waals surface area contributed by atoms with Crippen LogP contribution in [0.1, 0.15) is 33.6 Å². The molecular formula is C25H30O2Si. The van der Waals surface area contributed by atoms with Gasteiger partial charge in [-0.3, -0.25) is 4.79 Å². The van der Waals surface area contributed by atoms with Crippen molar-refractivity contribution in [2.45, 2.75) is 44.8 Å². The number of carbonyl (C=O) groups is 1. The Hall–Kier alpha value is -1.97. The van der Waals surface area contributed by atoms with E-state index in [0.29, 0.717) is 18.1 Å². The highest BCUT2D eigenvalue weighted by Gasteiger charge is 2.57. The van der Waals surface area contributed by atoms with Gasteiger partial charge in [0, 0.05) is 18.3 Å². The molecule has 146 valence electrons. The van der Waals surface area contributed by atoms with Crippen molar-refractivity contribution < 1.29 is 9.22 Å². The van der Waals surface area contributed by atoms with Gasteiger partial charge in [-0.1, -0.05) is 87.5 Å². The summed E-state index contributed by atoms with van der Waals surface area (Å²) in [7, 11) is -2.58. The molecular weight excluding hydrogens is 360 g/mol. The maximum absolute atomic E-state index is 12.1. The van der Waals surface area contributed by atoms with Gasteiger partial charge in [0.05, 0.1) is 6.10 Å². The van der Waals surface area contributed by atoms with Crippen molar-refractivity contribution in [2.75, 3.05) is 0 Å². The van der Waals surface area contributed by atoms with E-state index in [0.717, 1.165) is 6.42 Å². The Morgan fingerprint density at radius 3 is 1.96 bits per heavy atom. The zero-order chi connectivity index (χ0) is 19.9. The second kappa shape index (κ2) is 7.13. The predicted octanol–water partition coefficient (Wildman–Crippen LogP) is 4.34. The molecule has 2 aromatic rings. The summed E-state index contributed by atoms with van der Waals surface area (Å²) in [6.07, 6.45) is 3.64. The average molecular weight is 391 g/mol. The lowest BCUT2D eigenvalue weighted by Crippen LogP contribution is -2.68. The van der Waals surface area contributed by atoms with E-state index in [2.05, 4.69) is 88.0 Å². The van der Waals surface area contributed by atoms with Gasteiger partial charge in [0.25, 0.3) is 8.32 Å². The number of hydrogen-bond acceptors (Lipinski definition) is 2. The summed E-state index contributed by atoms with van der Waals surface area (Å²) in [5.41, 5.74) is 0. The lowest BCUT2D eigenvalue weighted by molar-refractivity contribution is -0.133. The summed E-state index contributed by atoms with van der Waals surface area (Å²) in [6.45, 7) is 11.0. The van der Waals surface area contributed by atoms with E-state index in [1.807, 2.05) is 6.08 Å². The molecule has 2 aromatic carbocycles. The van der Waals surface area contributed by atoms with Gasteiger partial charge in [-0.2, -0.15) is 0 Å². The molecule has 2 aliphatic rings. The van der Waals surface area contributed by atoms with Crippen molar-refractivity contribution >= 4 is 24.5 Å². The Bertz CT molecular complexity index is 814. The molecule has 2 saturated carbocycles. The molecule has 0 bridgehead atoms. The van der Waals surface area contributed by atoms with Crippen LogP contribution in [0.25, 0.3) is 0 Å². The van der Waals surface area contributed by atoms with Crippen LogP contribution in [0.2, 0.25) is 5.04 Å². The van der Waals surface area contributed by atoms with Crippen molar-refractivity contribution in [1.82, 2.24) is 0 Å². The molecule has 0 N–H and O–H groups in total. The Morgan fingerprint density at radius 1 is 1.00 bits per heavy atom. The second-order valence-electron chi connectivity index (χ2n) is 9.31. The monoisotopic (exact) mass is 390 g/mol. The van der Waals surface area contributed by atoms with Crippen LogP contribution >= 0.6 is 0 Å². The van der Waals surface area contributed by atoms with Crippen molar-refractivity contribution in [1.29, 1.82) is 0 Å². The fraction of sp³-hybridized carbons (Fsp3) is 0.400. The molecule has 0 spiro atoms. The highest BCUT2D eigenvalue weighted by molar-refractivity contribution is 6.99. The van der Waals surface area contributed by atoms with Crippen LogP contribution in [0, 0.1) is 17.8 Å². The number of ketones is 1. The third-order valence-corrected chi connectivity index (χ3v) is 11.9. The van der Waals surface area contributed by atoms with E-state index in [1.165, 1.54) is 10.4 Å². The Morgan fingerprint density at radius 2 is 1.54 bits per heavy atom. The first-order valence-electron chi connectivity index (χ1n) is 10.3. The molecule has 28 heavy (non-hydrogen) atoms. The minimum absolute atomic E-state index is 0.0485. The lowest BCUT2D eigenvalue weighted by Gasteiger charge is -2.45. The minimum atomic E-state index is -2.58. The highest BCUT2D eigenvalue weighted by Crippen LogP contribution is 2.51. The van der Waals surface area contributed by atoms with Crippen LogP contribution in [-0.2, 0) is 9.22 Å². The topological polar surface area (TPSA) is 26.3 Å². The van der Waals surface area contributed by atoms with Crippen molar-refractivity contribution in [3.8, 4) is 0 Å². The smallest absolute Gasteiger partial charge is 0.261 e. The molecule has 0 unspecified atom stereocenters. The fourth-order valence-corrected chi connectivity index (χ4v) is 10.1. The third-order valence-electron chi connectivity index (χ3n) is 6.79. The number of Topliss-reactive ketones (excluding diaryl/α,β-unsaturated/α-hetero) is 1. The Kier molecular flexibility index (Phi) is 4.92. The molecule has 0 saturated heterocycles. The maximum atomic E-state index is 12.1. The largest absolute Gasteiger partial charge is 0.404 e. The van der Waals surface area contributed by atoms with Gasteiger partial charge in [-0.25, -0.2) is 0 Å². The van der Waals surface area contributed by atoms with Gasteiger partial charge in [-0.15, -0.1) is 6.58 Å². The molecule has 2 nitrogen and oxygen atoms in total. The van der Waals surface area contributed by atoms with E-state index in [9.17, 15) is 4.79 Å². The van der Waals surface area contributed by atoms with Crippen LogP contribution in [0.4, 0.5) is 0 Å². The first-order chi connectivity index (χ1) is 13.4. The molecule has 0 radical (unpaired) electrons. The molecule has 3 heteroatoms. The highest BCUT2D eigenvalue weighted by atomic mass is 28.4. The van der Waals surface area contributed by atoms with Gasteiger partial charge >= 0.3 is 0 Å². The standard InChI is InChI=1S/C25H30O2Si/c1-5-20-21-16-23(26)22(21)17-24(20)27-28(25(2,3)4,18-12-8-6-9-13-18)19-14-10-7-11-15-19/h5-15,20-22,24H,1,16-17H2,2-4H3/t20-,21+,22-,24-/m0/s1. The first kappa shape index (κ1) is 19.3. The SMILES string of the molecule is C=C[C@H]1[C@H]2CC(=O)[C@H]2C[C@@H]1O[Si](c1ccccc1)(c1ccccc1)C(C)(C)C. The average Bonchev–Trinajstić information content (AvgIpc) is 2.97. The molecule has 2 fully saturated rings. The number of hydrogen-bond donors (Lipinski definition) is 0. The summed E-state index contributed by atoms with van der Waals surface area (Å²) in [6, 6.07) is 21.5. The quantitative estimate of drug-likeness (QED) is 0.561. The Labute approximate surface area is 169 Å². The summed E-state index contributed by atoms with van der Waals surface area (Å²) in [5, 5.41) is 2.54. The van der Waals surface area contributed by atoms with Gasteiger partial charge in [0.2, 0.25) is 0 Å². The van der Waals surface area contributed by atoms with Crippen LogP contribution in [0.5, 0.6) is 0 Å². The normalized spacial score (nSPS) is 27.2. The fourth-order valence-electron chi connectivity index (χ4n) is 5.37. The van der Waals surface area contributed by atoms with E-state index in [4.69, 9.17) is 4.43 Å². The molecule has 2 aliphatic carbocycles. The number of fused-ring (bicyclic) bond motifs is 1. The maximum Gasteiger partial charge on any atom is 0.261 e. The van der Waals surface area contributed by atoms with E-state index < -0.39 is 8.32 Å². The molecule has 0 amide bonds. The zero-order valence-electron chi connectivity index (χ0n) is 17.1. The van der Waals surface area contributed by atoms with Crippen LogP contribution in [0.15, 0.2) is 73.3 Å². The third kappa shape index (κ3) is 2.92. The van der Waals surface area contributed by atoms with Crippen molar-refractivity contribution in [3.63, 3.8) is 0 Å². The molecule has 4 atom stereocenters. The summed E-state index contributed by atoms with van der Waals surface area (Å²) < 4.78 is 7.28. The van der Waals surface area contributed by atoms with Crippen molar-refractivity contribution in [3.05, 3.63) is 73.3 Å². The van der Waals surface area contributed by atoms with Crippen LogP contribution in [0.3, 0.4) is 0 Å². The van der Waals surface area contributed by atoms with Gasteiger partial charge < -0.3 is 4.43 Å². The van der Waals surface area contributed by atoms with Gasteiger partial charge in [0.15, 0.2) is 0 Å². The molecule has 0 aromatic heterocycles. The molecule has 0 aliphatic heterocycles. The number of benzene rings is 2. The first-order valence-corrected chi connectivity index (χ1v) is 12.2. The molecule has 4 rings (SSSR count). The second-order valence-corrected chi connectivity index (χ2v) is 13.6. The predicted molar refractivity (Wildman–Crippen MR) is 117 cm³/mol. The van der Waals surface area contributed by atoms with E-state index >= 15 is 0 Å². The Balaban J connectivity index is 1.84. The van der Waals surface area contributed by atoms with Gasteiger partial charge in [0.1, 0.15) is 5.78 Å². The lowest BCUT2D eigenvalue weighted by atomic mass is 9.71. The zero-order valence-corrected chi connectivity index (χ0v) is 18.1. The summed E-state index contributed by atoms with van der Waals surface area (Å²) in [5.74, 6) is 1.27. The molecule has 0 heterocycles. The van der Waals surface area contributed by atoms with Crippen LogP contribution < -0.4 is 10.4 Å². The minimum Gasteiger partial charge on any atom is -0.404 e. The number of rotatable bonds is 5. The van der Waals surface area contributed by atoms with E-state index in [1.54, 1.807) is 0 Å². The van der Waals surface area contributed by atoms with E-state index in [-0.39, 0.29) is 23.0 Å². The van der Waals surface area contributed by atoms with Crippen LogP contribution in [-0.4, -0.2) is 20.2 Å². The van der Waals surface area contributed by atoms with Gasteiger partial charge in [-0.05, 0) is 27.8 Å². The summed E-state index contributed by atoms with van der Waals surface area (Å²) >= 11 is 0. The van der Waals surface area contributed by atoms with Crippen molar-refractivity contribution in [2.24, 2.45) is 17.8 Å².